The number of hydrogen-bond acceptors (Lipinski definition) is 3. The Kier molecular flexibility index (Phi) is 1.84. The highest BCUT2D eigenvalue weighted by Crippen LogP contribution is 2.22. The monoisotopic (exact) mass is 166 g/mol. The molecule has 1 aliphatic rings. The SMILES string of the molecule is Cn1nnc2c1CC(CN)CC2. The van der Waals surface area contributed by atoms with Gasteiger partial charge in [-0.3, -0.25) is 4.68 Å². The molecule has 4 heteroatoms. The summed E-state index contributed by atoms with van der Waals surface area (Å²) >= 11 is 0. The molecular weight excluding hydrogens is 152 g/mol. The standard InChI is InChI=1S/C8H14N4/c1-12-8-4-6(5-9)2-3-7(8)10-11-12/h6H,2-5,9H2,1H3. The summed E-state index contributed by atoms with van der Waals surface area (Å²) in [5, 5.41) is 8.09. The Morgan fingerprint density at radius 2 is 2.50 bits per heavy atom. The lowest BCUT2D eigenvalue weighted by Gasteiger charge is -2.19. The van der Waals surface area contributed by atoms with Gasteiger partial charge in [0, 0.05) is 7.05 Å². The van der Waals surface area contributed by atoms with E-state index in [1.165, 1.54) is 17.8 Å². The molecule has 0 spiro atoms. The van der Waals surface area contributed by atoms with Crippen LogP contribution < -0.4 is 5.73 Å². The Bertz CT molecular complexity index is 279. The van der Waals surface area contributed by atoms with Gasteiger partial charge in [0.2, 0.25) is 0 Å². The summed E-state index contributed by atoms with van der Waals surface area (Å²) in [5.41, 5.74) is 8.07. The zero-order valence-electron chi connectivity index (χ0n) is 7.32. The molecule has 1 heterocycles. The molecule has 1 aliphatic carbocycles. The quantitative estimate of drug-likeness (QED) is 0.632. The molecule has 12 heavy (non-hydrogen) atoms. The summed E-state index contributed by atoms with van der Waals surface area (Å²) in [6, 6.07) is 0. The lowest BCUT2D eigenvalue weighted by molar-refractivity contribution is 0.451. The highest BCUT2D eigenvalue weighted by molar-refractivity contribution is 5.14. The topological polar surface area (TPSA) is 56.7 Å². The average Bonchev–Trinajstić information content (AvgIpc) is 2.47. The molecule has 0 radical (unpaired) electrons. The van der Waals surface area contributed by atoms with Crippen LogP contribution >= 0.6 is 0 Å². The molecule has 0 saturated heterocycles. The van der Waals surface area contributed by atoms with Crippen molar-refractivity contribution in [2.24, 2.45) is 18.7 Å². The minimum atomic E-state index is 0.634. The van der Waals surface area contributed by atoms with Crippen molar-refractivity contribution >= 4 is 0 Å². The first-order valence-electron chi connectivity index (χ1n) is 4.38. The van der Waals surface area contributed by atoms with E-state index in [1.54, 1.807) is 0 Å². The maximum Gasteiger partial charge on any atom is 0.0859 e. The maximum atomic E-state index is 5.63. The fourth-order valence-electron chi connectivity index (χ4n) is 1.78. The molecular formula is C8H14N4. The van der Waals surface area contributed by atoms with Crippen molar-refractivity contribution in [3.05, 3.63) is 11.4 Å². The largest absolute Gasteiger partial charge is 0.330 e. The minimum absolute atomic E-state index is 0.634. The van der Waals surface area contributed by atoms with Gasteiger partial charge in [-0.2, -0.15) is 0 Å². The molecule has 1 atom stereocenters. The maximum absolute atomic E-state index is 5.63. The third-order valence-electron chi connectivity index (χ3n) is 2.63. The molecule has 66 valence electrons. The molecule has 1 unspecified atom stereocenters. The van der Waals surface area contributed by atoms with Crippen molar-refractivity contribution in [2.45, 2.75) is 19.3 Å². The average molecular weight is 166 g/mol. The van der Waals surface area contributed by atoms with E-state index >= 15 is 0 Å². The normalized spacial score (nSPS) is 22.3. The van der Waals surface area contributed by atoms with Crippen molar-refractivity contribution in [1.29, 1.82) is 0 Å². The molecule has 4 nitrogen and oxygen atoms in total. The summed E-state index contributed by atoms with van der Waals surface area (Å²) in [6.45, 7) is 0.782. The Hall–Kier alpha value is -0.900. The molecule has 2 N–H and O–H groups in total. The molecule has 0 amide bonds. The van der Waals surface area contributed by atoms with Crippen LogP contribution in [-0.4, -0.2) is 21.5 Å². The molecule has 0 bridgehead atoms. The summed E-state index contributed by atoms with van der Waals surface area (Å²) < 4.78 is 1.87. The molecule has 0 aliphatic heterocycles. The fourth-order valence-corrected chi connectivity index (χ4v) is 1.78. The number of aryl methyl sites for hydroxylation is 2. The first-order valence-corrected chi connectivity index (χ1v) is 4.38. The number of aromatic nitrogens is 3. The van der Waals surface area contributed by atoms with E-state index in [1.807, 2.05) is 11.7 Å². The zero-order valence-corrected chi connectivity index (χ0v) is 7.32. The summed E-state index contributed by atoms with van der Waals surface area (Å²) in [5.74, 6) is 0.634. The summed E-state index contributed by atoms with van der Waals surface area (Å²) in [6.07, 6.45) is 3.27. The van der Waals surface area contributed by atoms with Gasteiger partial charge < -0.3 is 5.73 Å². The zero-order chi connectivity index (χ0) is 8.55. The van der Waals surface area contributed by atoms with Gasteiger partial charge in [0.15, 0.2) is 0 Å². The van der Waals surface area contributed by atoms with Gasteiger partial charge in [0.25, 0.3) is 0 Å². The van der Waals surface area contributed by atoms with Gasteiger partial charge in [0.1, 0.15) is 0 Å². The van der Waals surface area contributed by atoms with Gasteiger partial charge in [0.05, 0.1) is 11.4 Å². The van der Waals surface area contributed by atoms with Crippen molar-refractivity contribution in [3.8, 4) is 0 Å². The van der Waals surface area contributed by atoms with E-state index in [4.69, 9.17) is 5.73 Å². The predicted octanol–water partition coefficient (Wildman–Crippen LogP) is -0.121. The van der Waals surface area contributed by atoms with Crippen LogP contribution in [0.3, 0.4) is 0 Å². The lowest BCUT2D eigenvalue weighted by atomic mass is 9.90. The molecule has 2 rings (SSSR count). The van der Waals surface area contributed by atoms with Crippen molar-refractivity contribution < 1.29 is 0 Å². The predicted molar refractivity (Wildman–Crippen MR) is 45.6 cm³/mol. The second-order valence-electron chi connectivity index (χ2n) is 3.45. The second-order valence-corrected chi connectivity index (χ2v) is 3.45. The van der Waals surface area contributed by atoms with Crippen LogP contribution in [0, 0.1) is 5.92 Å². The van der Waals surface area contributed by atoms with Crippen molar-refractivity contribution in [1.82, 2.24) is 15.0 Å². The second kappa shape index (κ2) is 2.86. The van der Waals surface area contributed by atoms with Gasteiger partial charge >= 0.3 is 0 Å². The van der Waals surface area contributed by atoms with Gasteiger partial charge in [-0.05, 0) is 31.7 Å². The highest BCUT2D eigenvalue weighted by atomic mass is 15.4. The van der Waals surface area contributed by atoms with Gasteiger partial charge in [-0.25, -0.2) is 0 Å². The Morgan fingerprint density at radius 1 is 1.67 bits per heavy atom. The molecule has 1 aromatic heterocycles. The fraction of sp³-hybridized carbons (Fsp3) is 0.750. The Balaban J connectivity index is 2.26. The van der Waals surface area contributed by atoms with Crippen molar-refractivity contribution in [2.75, 3.05) is 6.54 Å². The van der Waals surface area contributed by atoms with Crippen LogP contribution in [0.25, 0.3) is 0 Å². The van der Waals surface area contributed by atoms with E-state index in [9.17, 15) is 0 Å². The number of rotatable bonds is 1. The van der Waals surface area contributed by atoms with Gasteiger partial charge in [-0.15, -0.1) is 5.10 Å². The summed E-state index contributed by atoms with van der Waals surface area (Å²) in [4.78, 5) is 0. The first kappa shape index (κ1) is 7.73. The smallest absolute Gasteiger partial charge is 0.0859 e. The van der Waals surface area contributed by atoms with E-state index in [0.717, 1.165) is 19.4 Å². The van der Waals surface area contributed by atoms with E-state index in [0.29, 0.717) is 5.92 Å². The minimum Gasteiger partial charge on any atom is -0.330 e. The number of hydrogen-bond donors (Lipinski definition) is 1. The number of nitrogens with two attached hydrogens (primary N) is 1. The van der Waals surface area contributed by atoms with Crippen LogP contribution in [0.2, 0.25) is 0 Å². The van der Waals surface area contributed by atoms with E-state index in [-0.39, 0.29) is 0 Å². The Labute approximate surface area is 71.8 Å². The van der Waals surface area contributed by atoms with Crippen LogP contribution in [0.15, 0.2) is 0 Å². The third kappa shape index (κ3) is 1.12. The third-order valence-corrected chi connectivity index (χ3v) is 2.63. The van der Waals surface area contributed by atoms with E-state index in [2.05, 4.69) is 10.3 Å². The van der Waals surface area contributed by atoms with Gasteiger partial charge in [-0.1, -0.05) is 5.21 Å². The first-order chi connectivity index (χ1) is 5.81. The summed E-state index contributed by atoms with van der Waals surface area (Å²) in [7, 11) is 1.95. The Morgan fingerprint density at radius 3 is 3.25 bits per heavy atom. The molecule has 0 saturated carbocycles. The number of fused-ring (bicyclic) bond motifs is 1. The highest BCUT2D eigenvalue weighted by Gasteiger charge is 2.21. The molecule has 1 aromatic rings. The molecule has 0 aromatic carbocycles. The van der Waals surface area contributed by atoms with Crippen LogP contribution in [0.5, 0.6) is 0 Å². The van der Waals surface area contributed by atoms with Crippen LogP contribution in [0.4, 0.5) is 0 Å². The molecule has 0 fully saturated rings. The lowest BCUT2D eigenvalue weighted by Crippen LogP contribution is -2.23. The van der Waals surface area contributed by atoms with E-state index < -0.39 is 0 Å². The van der Waals surface area contributed by atoms with Crippen LogP contribution in [0.1, 0.15) is 17.8 Å². The number of nitrogens with zero attached hydrogens (tertiary/aromatic N) is 3. The van der Waals surface area contributed by atoms with Crippen LogP contribution in [-0.2, 0) is 19.9 Å². The van der Waals surface area contributed by atoms with Crippen molar-refractivity contribution in [3.63, 3.8) is 0 Å².